The molecule has 1 nitrogen and oxygen atoms in total. The number of fused-ring (bicyclic) bond motifs is 7. The highest BCUT2D eigenvalue weighted by Crippen LogP contribution is 2.58. The minimum atomic E-state index is -0.555. The Kier molecular flexibility index (Phi) is 9.33. The summed E-state index contributed by atoms with van der Waals surface area (Å²) in [5.41, 5.74) is 17.8. The van der Waals surface area contributed by atoms with Gasteiger partial charge in [0.1, 0.15) is 0 Å². The predicted octanol–water partition coefficient (Wildman–Crippen LogP) is 18.0. The van der Waals surface area contributed by atoms with Gasteiger partial charge in [-0.2, -0.15) is 0 Å². The van der Waals surface area contributed by atoms with Crippen LogP contribution in [-0.2, 0) is 5.41 Å². The monoisotopic (exact) mass is 869 g/mol. The number of anilines is 3. The first-order valence-corrected chi connectivity index (χ1v) is 23.9. The zero-order valence-electron chi connectivity index (χ0n) is 36.7. The molecule has 1 unspecified atom stereocenters. The summed E-state index contributed by atoms with van der Waals surface area (Å²) in [6.07, 6.45) is 0. The smallest absolute Gasteiger partial charge is 0.0714 e. The van der Waals surface area contributed by atoms with E-state index in [1.807, 2.05) is 11.3 Å². The molecule has 11 aromatic carbocycles. The number of rotatable bonds is 8. The minimum Gasteiger partial charge on any atom is -0.310 e. The molecular formula is C65H43NS. The van der Waals surface area contributed by atoms with Crippen LogP contribution in [0.25, 0.3) is 75.5 Å². The molecule has 0 N–H and O–H groups in total. The lowest BCUT2D eigenvalue weighted by Crippen LogP contribution is -2.28. The molecule has 0 spiro atoms. The lowest BCUT2D eigenvalue weighted by Gasteiger charge is -2.34. The fourth-order valence-electron chi connectivity index (χ4n) is 10.8. The van der Waals surface area contributed by atoms with Crippen LogP contribution in [0.2, 0.25) is 0 Å². The third-order valence-corrected chi connectivity index (χ3v) is 15.0. The van der Waals surface area contributed by atoms with Crippen molar-refractivity contribution in [1.82, 2.24) is 0 Å². The van der Waals surface area contributed by atoms with Crippen molar-refractivity contribution in [3.63, 3.8) is 0 Å². The van der Waals surface area contributed by atoms with Crippen LogP contribution in [0, 0.1) is 0 Å². The summed E-state index contributed by atoms with van der Waals surface area (Å²) in [6, 6.07) is 96.4. The second-order valence-corrected chi connectivity index (χ2v) is 18.7. The molecule has 0 amide bonds. The van der Waals surface area contributed by atoms with Gasteiger partial charge in [-0.15, -0.1) is 11.3 Å². The molecule has 0 fully saturated rings. The highest BCUT2D eigenvalue weighted by atomic mass is 32.1. The van der Waals surface area contributed by atoms with E-state index in [1.165, 1.54) is 97.7 Å². The molecule has 1 heterocycles. The van der Waals surface area contributed by atoms with Crippen molar-refractivity contribution in [3.05, 3.63) is 283 Å². The van der Waals surface area contributed by atoms with Gasteiger partial charge in [0.25, 0.3) is 0 Å². The van der Waals surface area contributed by atoms with Crippen molar-refractivity contribution in [1.29, 1.82) is 0 Å². The second kappa shape index (κ2) is 16.0. The summed E-state index contributed by atoms with van der Waals surface area (Å²) in [5.74, 6) is 0. The van der Waals surface area contributed by atoms with E-state index in [-0.39, 0.29) is 0 Å². The first-order valence-electron chi connectivity index (χ1n) is 23.1. The van der Waals surface area contributed by atoms with Crippen molar-refractivity contribution in [2.45, 2.75) is 5.41 Å². The largest absolute Gasteiger partial charge is 0.310 e. The molecule has 1 aliphatic carbocycles. The summed E-state index contributed by atoms with van der Waals surface area (Å²) < 4.78 is 2.53. The molecular weight excluding hydrogens is 827 g/mol. The third kappa shape index (κ3) is 6.52. The quantitative estimate of drug-likeness (QED) is 0.147. The van der Waals surface area contributed by atoms with E-state index >= 15 is 0 Å². The fourth-order valence-corrected chi connectivity index (χ4v) is 12.0. The Hall–Kier alpha value is -8.30. The van der Waals surface area contributed by atoms with Gasteiger partial charge in [0, 0.05) is 37.2 Å². The van der Waals surface area contributed by atoms with Crippen LogP contribution in [-0.4, -0.2) is 0 Å². The van der Waals surface area contributed by atoms with Crippen LogP contribution in [0.4, 0.5) is 17.1 Å². The Balaban J connectivity index is 1.01. The average molecular weight is 870 g/mol. The van der Waals surface area contributed by atoms with E-state index in [0.717, 1.165) is 17.1 Å². The lowest BCUT2D eigenvalue weighted by molar-refractivity contribution is 0.771. The first kappa shape index (κ1) is 39.1. The van der Waals surface area contributed by atoms with Gasteiger partial charge in [0.15, 0.2) is 0 Å². The first-order chi connectivity index (χ1) is 33.2. The summed E-state index contributed by atoms with van der Waals surface area (Å²) >= 11 is 1.89. The molecule has 12 aromatic rings. The van der Waals surface area contributed by atoms with Crippen LogP contribution in [0.3, 0.4) is 0 Å². The Morgan fingerprint density at radius 1 is 0.284 bits per heavy atom. The van der Waals surface area contributed by atoms with Gasteiger partial charge in [-0.1, -0.05) is 200 Å². The predicted molar refractivity (Wildman–Crippen MR) is 285 cm³/mol. The summed E-state index contributed by atoms with van der Waals surface area (Å²) in [5, 5.41) is 5.05. The number of hydrogen-bond donors (Lipinski definition) is 0. The van der Waals surface area contributed by atoms with Crippen LogP contribution in [0.5, 0.6) is 0 Å². The van der Waals surface area contributed by atoms with E-state index in [9.17, 15) is 0 Å². The molecule has 1 atom stereocenters. The highest BCUT2D eigenvalue weighted by Gasteiger charge is 2.46. The van der Waals surface area contributed by atoms with Gasteiger partial charge in [0.2, 0.25) is 0 Å². The van der Waals surface area contributed by atoms with Crippen molar-refractivity contribution >= 4 is 59.3 Å². The van der Waals surface area contributed by atoms with Gasteiger partial charge in [-0.3, -0.25) is 0 Å². The number of nitrogens with zero attached hydrogens (tertiary/aromatic N) is 1. The van der Waals surface area contributed by atoms with Gasteiger partial charge < -0.3 is 4.90 Å². The SMILES string of the molecule is c1ccc(-c2cccc(N(c3cccc(-c4ccccc4)c3)c3ccc4c(c3)sc3cc(C5(c6cccc(-c7ccccc7)c6)c6ccccc6-c6cc7ccccc7cc65)ccc34)c2)cc1. The van der Waals surface area contributed by atoms with E-state index in [1.54, 1.807) is 0 Å². The van der Waals surface area contributed by atoms with E-state index in [0.29, 0.717) is 0 Å². The number of thiophene rings is 1. The number of hydrogen-bond acceptors (Lipinski definition) is 2. The zero-order chi connectivity index (χ0) is 44.3. The lowest BCUT2D eigenvalue weighted by atomic mass is 9.67. The minimum absolute atomic E-state index is 0.555. The average Bonchev–Trinajstić information content (AvgIpc) is 3.91. The molecule has 2 heteroatoms. The summed E-state index contributed by atoms with van der Waals surface area (Å²) in [6.45, 7) is 0. The maximum atomic E-state index is 2.50. The normalized spacial score (nSPS) is 14.0. The summed E-state index contributed by atoms with van der Waals surface area (Å²) in [4.78, 5) is 2.42. The van der Waals surface area contributed by atoms with Crippen molar-refractivity contribution in [2.24, 2.45) is 0 Å². The Morgan fingerprint density at radius 2 is 0.761 bits per heavy atom. The van der Waals surface area contributed by atoms with E-state index < -0.39 is 5.41 Å². The van der Waals surface area contributed by atoms with Gasteiger partial charge in [-0.25, -0.2) is 0 Å². The highest BCUT2D eigenvalue weighted by molar-refractivity contribution is 7.25. The molecule has 1 aromatic heterocycles. The van der Waals surface area contributed by atoms with Crippen molar-refractivity contribution in [2.75, 3.05) is 4.90 Å². The standard InChI is InChI=1S/C65H43NS/c1-4-17-44(18-5-1)47-25-14-28-52(37-47)65(61-32-13-12-31-57(61)60-40-50-23-10-11-24-51(50)41-62(60)65)53-33-35-58-59-36-34-56(43-64(59)67-63(58)42-53)66(54-29-15-26-48(38-54)45-19-6-2-7-20-45)55-30-16-27-49(39-55)46-21-8-3-9-22-46/h1-43H. The van der Waals surface area contributed by atoms with Gasteiger partial charge in [0.05, 0.1) is 5.41 Å². The molecule has 0 saturated carbocycles. The van der Waals surface area contributed by atoms with E-state index in [4.69, 9.17) is 0 Å². The van der Waals surface area contributed by atoms with Crippen molar-refractivity contribution in [3.8, 4) is 44.5 Å². The maximum absolute atomic E-state index is 2.50. The Labute approximate surface area is 395 Å². The topological polar surface area (TPSA) is 3.24 Å². The molecule has 1 aliphatic rings. The molecule has 13 rings (SSSR count). The Bertz CT molecular complexity index is 3730. The fraction of sp³-hybridized carbons (Fsp3) is 0.0154. The van der Waals surface area contributed by atoms with Crippen LogP contribution in [0.15, 0.2) is 261 Å². The molecule has 67 heavy (non-hydrogen) atoms. The maximum Gasteiger partial charge on any atom is 0.0714 e. The zero-order valence-corrected chi connectivity index (χ0v) is 37.5. The summed E-state index contributed by atoms with van der Waals surface area (Å²) in [7, 11) is 0. The van der Waals surface area contributed by atoms with Gasteiger partial charge in [-0.05, 0) is 138 Å². The number of benzene rings is 11. The molecule has 0 saturated heterocycles. The molecule has 314 valence electrons. The van der Waals surface area contributed by atoms with Crippen LogP contribution >= 0.6 is 11.3 Å². The molecule has 0 bridgehead atoms. The van der Waals surface area contributed by atoms with Crippen LogP contribution < -0.4 is 4.90 Å². The molecule has 0 aliphatic heterocycles. The Morgan fingerprint density at radius 3 is 1.40 bits per heavy atom. The van der Waals surface area contributed by atoms with Crippen molar-refractivity contribution < 1.29 is 0 Å². The molecule has 0 radical (unpaired) electrons. The van der Waals surface area contributed by atoms with Crippen LogP contribution in [0.1, 0.15) is 22.3 Å². The van der Waals surface area contributed by atoms with E-state index in [2.05, 4.69) is 266 Å². The third-order valence-electron chi connectivity index (χ3n) is 13.9. The second-order valence-electron chi connectivity index (χ2n) is 17.6. The van der Waals surface area contributed by atoms with Gasteiger partial charge >= 0.3 is 0 Å².